The van der Waals surface area contributed by atoms with Crippen LogP contribution in [0.15, 0.2) is 73.1 Å². The van der Waals surface area contributed by atoms with Crippen molar-refractivity contribution in [2.75, 3.05) is 0 Å². The van der Waals surface area contributed by atoms with Crippen molar-refractivity contribution in [2.24, 2.45) is 0 Å². The van der Waals surface area contributed by atoms with E-state index in [1.807, 2.05) is 24.3 Å². The van der Waals surface area contributed by atoms with E-state index >= 15 is 0 Å². The molecule has 5 heteroatoms. The fourth-order valence-electron chi connectivity index (χ4n) is 2.29. The second-order valence-electron chi connectivity index (χ2n) is 5.29. The van der Waals surface area contributed by atoms with Crippen LogP contribution in [0.2, 0.25) is 0 Å². The molecule has 0 fully saturated rings. The molecule has 3 rings (SSSR count). The van der Waals surface area contributed by atoms with E-state index in [0.717, 1.165) is 17.9 Å². The minimum absolute atomic E-state index is 0. The van der Waals surface area contributed by atoms with Crippen molar-refractivity contribution in [2.45, 2.75) is 19.5 Å². The lowest BCUT2D eigenvalue weighted by molar-refractivity contribution is 0.440. The normalized spacial score (nSPS) is 11.4. The quantitative estimate of drug-likeness (QED) is 0.715. The highest BCUT2D eigenvalue weighted by Crippen LogP contribution is 2.19. The predicted molar refractivity (Wildman–Crippen MR) is 97.5 cm³/mol. The van der Waals surface area contributed by atoms with Crippen molar-refractivity contribution in [3.8, 4) is 11.8 Å². The number of nitrogens with zero attached hydrogens (tertiary/aromatic N) is 2. The zero-order valence-electron chi connectivity index (χ0n) is 13.4. The van der Waals surface area contributed by atoms with Gasteiger partial charge in [-0.15, -0.1) is 12.4 Å². The molecule has 1 heterocycles. The van der Waals surface area contributed by atoms with Crippen molar-refractivity contribution in [1.82, 2.24) is 15.3 Å². The van der Waals surface area contributed by atoms with Gasteiger partial charge in [-0.1, -0.05) is 42.5 Å². The Labute approximate surface area is 148 Å². The molecule has 1 N–H and O–H groups in total. The van der Waals surface area contributed by atoms with Gasteiger partial charge in [0.2, 0.25) is 0 Å². The van der Waals surface area contributed by atoms with E-state index in [1.165, 1.54) is 5.56 Å². The third kappa shape index (κ3) is 5.05. The Morgan fingerprint density at radius 2 is 1.71 bits per heavy atom. The van der Waals surface area contributed by atoms with Crippen molar-refractivity contribution >= 4 is 12.4 Å². The Kier molecular flexibility index (Phi) is 6.73. The molecule has 0 radical (unpaired) electrons. The van der Waals surface area contributed by atoms with Crippen LogP contribution in [0.25, 0.3) is 0 Å². The molecule has 3 aromatic rings. The van der Waals surface area contributed by atoms with Gasteiger partial charge >= 0.3 is 6.01 Å². The number of nitrogens with one attached hydrogen (secondary N) is 1. The molecule has 1 aromatic heterocycles. The lowest BCUT2D eigenvalue weighted by atomic mass is 10.1. The minimum atomic E-state index is 0. The van der Waals surface area contributed by atoms with E-state index in [0.29, 0.717) is 12.1 Å². The summed E-state index contributed by atoms with van der Waals surface area (Å²) in [5.74, 6) is 0.739. The first-order valence-corrected chi connectivity index (χ1v) is 7.63. The summed E-state index contributed by atoms with van der Waals surface area (Å²) in [6.45, 7) is 2.93. The van der Waals surface area contributed by atoms with Gasteiger partial charge in [0.15, 0.2) is 0 Å². The second kappa shape index (κ2) is 9.01. The number of hydrogen-bond acceptors (Lipinski definition) is 4. The average molecular weight is 342 g/mol. The summed E-state index contributed by atoms with van der Waals surface area (Å²) >= 11 is 0. The van der Waals surface area contributed by atoms with Crippen molar-refractivity contribution < 1.29 is 4.74 Å². The zero-order chi connectivity index (χ0) is 15.9. The molecule has 0 saturated carbocycles. The summed E-state index contributed by atoms with van der Waals surface area (Å²) in [5, 5.41) is 3.52. The van der Waals surface area contributed by atoms with Gasteiger partial charge in [-0.2, -0.15) is 0 Å². The Morgan fingerprint density at radius 3 is 2.46 bits per heavy atom. The van der Waals surface area contributed by atoms with Gasteiger partial charge in [0.1, 0.15) is 5.75 Å². The van der Waals surface area contributed by atoms with Crippen LogP contribution in [0.3, 0.4) is 0 Å². The maximum Gasteiger partial charge on any atom is 0.321 e. The molecule has 2 aromatic carbocycles. The van der Waals surface area contributed by atoms with E-state index in [-0.39, 0.29) is 12.4 Å². The number of hydrogen-bond donors (Lipinski definition) is 1. The molecule has 0 aliphatic rings. The molecule has 0 aliphatic carbocycles. The van der Waals surface area contributed by atoms with Gasteiger partial charge in [-0.3, -0.25) is 0 Å². The molecule has 1 atom stereocenters. The fraction of sp³-hybridized carbons (Fsp3) is 0.158. The molecule has 24 heavy (non-hydrogen) atoms. The molecule has 4 nitrogen and oxygen atoms in total. The molecule has 0 spiro atoms. The Bertz CT molecular complexity index is 738. The van der Waals surface area contributed by atoms with Gasteiger partial charge in [-0.05, 0) is 36.2 Å². The van der Waals surface area contributed by atoms with E-state index < -0.39 is 0 Å². The Balaban J connectivity index is 0.00000208. The van der Waals surface area contributed by atoms with Gasteiger partial charge in [0, 0.05) is 25.0 Å². The number of halogens is 1. The monoisotopic (exact) mass is 341 g/mol. The maximum atomic E-state index is 5.66. The van der Waals surface area contributed by atoms with E-state index in [1.54, 1.807) is 18.5 Å². The summed E-state index contributed by atoms with van der Waals surface area (Å²) in [7, 11) is 0. The summed E-state index contributed by atoms with van der Waals surface area (Å²) < 4.78 is 5.66. The Hall–Kier alpha value is -2.43. The van der Waals surface area contributed by atoms with Crippen LogP contribution >= 0.6 is 12.4 Å². The third-order valence-corrected chi connectivity index (χ3v) is 3.56. The van der Waals surface area contributed by atoms with Gasteiger partial charge < -0.3 is 10.1 Å². The third-order valence-electron chi connectivity index (χ3n) is 3.56. The fourth-order valence-corrected chi connectivity index (χ4v) is 2.29. The van der Waals surface area contributed by atoms with Gasteiger partial charge in [0.05, 0.1) is 0 Å². The summed E-state index contributed by atoms with van der Waals surface area (Å²) in [4.78, 5) is 8.14. The van der Waals surface area contributed by atoms with Crippen LogP contribution in [0.5, 0.6) is 11.8 Å². The predicted octanol–water partition coefficient (Wildman–Crippen LogP) is 4.54. The average Bonchev–Trinajstić information content (AvgIpc) is 2.62. The highest BCUT2D eigenvalue weighted by atomic mass is 35.5. The first kappa shape index (κ1) is 17.9. The molecular formula is C19H20ClN3O. The lowest BCUT2D eigenvalue weighted by Crippen LogP contribution is -2.17. The molecule has 0 bridgehead atoms. The lowest BCUT2D eigenvalue weighted by Gasteiger charge is -2.14. The highest BCUT2D eigenvalue weighted by Gasteiger charge is 2.05. The first-order chi connectivity index (χ1) is 11.3. The van der Waals surface area contributed by atoms with E-state index in [2.05, 4.69) is 52.5 Å². The van der Waals surface area contributed by atoms with Gasteiger partial charge in [0.25, 0.3) is 0 Å². The minimum Gasteiger partial charge on any atom is -0.424 e. The standard InChI is InChI=1S/C19H19N3O.ClH/c1-15(17-8-3-2-4-9-17)22-14-16-7-5-10-18(13-16)23-19-20-11-6-12-21-19;/h2-13,15,22H,14H2,1H3;1H. The van der Waals surface area contributed by atoms with E-state index in [9.17, 15) is 0 Å². The molecule has 0 aliphatic heterocycles. The van der Waals surface area contributed by atoms with Crippen LogP contribution < -0.4 is 10.1 Å². The van der Waals surface area contributed by atoms with Crippen LogP contribution in [0.4, 0.5) is 0 Å². The zero-order valence-corrected chi connectivity index (χ0v) is 14.2. The second-order valence-corrected chi connectivity index (χ2v) is 5.29. The maximum absolute atomic E-state index is 5.66. The van der Waals surface area contributed by atoms with Crippen molar-refractivity contribution in [3.63, 3.8) is 0 Å². The smallest absolute Gasteiger partial charge is 0.321 e. The van der Waals surface area contributed by atoms with Crippen molar-refractivity contribution in [3.05, 3.63) is 84.2 Å². The number of ether oxygens (including phenoxy) is 1. The summed E-state index contributed by atoms with van der Waals surface area (Å²) in [6, 6.07) is 20.8. The number of aromatic nitrogens is 2. The topological polar surface area (TPSA) is 47.0 Å². The van der Waals surface area contributed by atoms with Crippen LogP contribution in [0.1, 0.15) is 24.1 Å². The van der Waals surface area contributed by atoms with Crippen molar-refractivity contribution in [1.29, 1.82) is 0 Å². The molecule has 0 amide bonds. The summed E-state index contributed by atoms with van der Waals surface area (Å²) in [6.07, 6.45) is 3.32. The Morgan fingerprint density at radius 1 is 0.958 bits per heavy atom. The van der Waals surface area contributed by atoms with Crippen LogP contribution in [-0.4, -0.2) is 9.97 Å². The molecule has 0 saturated heterocycles. The SMILES string of the molecule is CC(NCc1cccc(Oc2ncccn2)c1)c1ccccc1.Cl. The van der Waals surface area contributed by atoms with E-state index in [4.69, 9.17) is 4.74 Å². The summed E-state index contributed by atoms with van der Waals surface area (Å²) in [5.41, 5.74) is 2.43. The molecule has 124 valence electrons. The molecule has 1 unspecified atom stereocenters. The van der Waals surface area contributed by atoms with Gasteiger partial charge in [-0.25, -0.2) is 9.97 Å². The highest BCUT2D eigenvalue weighted by molar-refractivity contribution is 5.85. The first-order valence-electron chi connectivity index (χ1n) is 7.63. The van der Waals surface area contributed by atoms with Crippen LogP contribution in [-0.2, 0) is 6.54 Å². The van der Waals surface area contributed by atoms with Crippen LogP contribution in [0, 0.1) is 0 Å². The number of rotatable bonds is 6. The largest absolute Gasteiger partial charge is 0.424 e. The molecular weight excluding hydrogens is 322 g/mol. The number of benzene rings is 2.